The topological polar surface area (TPSA) is 40.7 Å². The van der Waals surface area contributed by atoms with Gasteiger partial charge in [0.25, 0.3) is 0 Å². The van der Waals surface area contributed by atoms with Crippen molar-refractivity contribution in [2.45, 2.75) is 33.2 Å². The van der Waals surface area contributed by atoms with Crippen LogP contribution in [0, 0.1) is 13.8 Å². The first-order valence-corrected chi connectivity index (χ1v) is 7.00. The van der Waals surface area contributed by atoms with E-state index in [0.29, 0.717) is 0 Å². The maximum Gasteiger partial charge on any atom is 0.106 e. The Labute approximate surface area is 119 Å². The minimum Gasteiger partial charge on any atom is -0.346 e. The first kappa shape index (κ1) is 14.1. The molecule has 0 radical (unpaired) electrons. The molecule has 1 heterocycles. The lowest BCUT2D eigenvalue weighted by Gasteiger charge is -2.04. The lowest BCUT2D eigenvalue weighted by molar-refractivity contribution is 0.640. The molecule has 1 aromatic carbocycles. The molecule has 0 fully saturated rings. The largest absolute Gasteiger partial charge is 0.346 e. The van der Waals surface area contributed by atoms with E-state index < -0.39 is 0 Å². The maximum atomic E-state index is 5.85. The van der Waals surface area contributed by atoms with Crippen molar-refractivity contribution in [3.8, 4) is 0 Å². The van der Waals surface area contributed by atoms with Crippen molar-refractivity contribution in [1.29, 1.82) is 0 Å². The molecular formula is C15H20ClN3. The zero-order chi connectivity index (χ0) is 13.7. The summed E-state index contributed by atoms with van der Waals surface area (Å²) in [6.45, 7) is 5.97. The average molecular weight is 278 g/mol. The summed E-state index contributed by atoms with van der Waals surface area (Å²) in [5.74, 6) is 1.09. The van der Waals surface area contributed by atoms with E-state index in [2.05, 4.69) is 34.3 Å². The highest BCUT2D eigenvalue weighted by Gasteiger charge is 2.01. The molecule has 0 spiro atoms. The fraction of sp³-hybridized carbons (Fsp3) is 0.400. The first-order chi connectivity index (χ1) is 9.15. The smallest absolute Gasteiger partial charge is 0.106 e. The molecule has 0 saturated heterocycles. The molecule has 0 unspecified atom stereocenters. The van der Waals surface area contributed by atoms with Gasteiger partial charge < -0.3 is 10.3 Å². The molecular weight excluding hydrogens is 258 g/mol. The van der Waals surface area contributed by atoms with E-state index in [1.807, 2.05) is 19.1 Å². The highest BCUT2D eigenvalue weighted by Crippen LogP contribution is 2.09. The highest BCUT2D eigenvalue weighted by molar-refractivity contribution is 6.30. The number of aromatic nitrogens is 2. The number of aromatic amines is 1. The fourth-order valence-corrected chi connectivity index (χ4v) is 2.08. The van der Waals surface area contributed by atoms with Gasteiger partial charge in [0.15, 0.2) is 0 Å². The molecule has 1 aromatic heterocycles. The van der Waals surface area contributed by atoms with Crippen LogP contribution in [-0.2, 0) is 13.0 Å². The highest BCUT2D eigenvalue weighted by atomic mass is 35.5. The number of hydrogen-bond acceptors (Lipinski definition) is 2. The summed E-state index contributed by atoms with van der Waals surface area (Å²) >= 11 is 5.85. The molecule has 2 N–H and O–H groups in total. The minimum atomic E-state index is 0.785. The van der Waals surface area contributed by atoms with Gasteiger partial charge in [0.1, 0.15) is 5.82 Å². The van der Waals surface area contributed by atoms with Gasteiger partial charge in [-0.1, -0.05) is 23.7 Å². The second-order valence-corrected chi connectivity index (χ2v) is 5.24. The number of imidazole rings is 1. The second-order valence-electron chi connectivity index (χ2n) is 4.80. The van der Waals surface area contributed by atoms with Gasteiger partial charge in [0.2, 0.25) is 0 Å². The normalized spacial score (nSPS) is 10.9. The van der Waals surface area contributed by atoms with Gasteiger partial charge in [-0.05, 0) is 44.5 Å². The summed E-state index contributed by atoms with van der Waals surface area (Å²) in [5.41, 5.74) is 3.53. The van der Waals surface area contributed by atoms with Crippen LogP contribution in [0.2, 0.25) is 5.02 Å². The molecule has 0 aliphatic heterocycles. The number of H-pyrrole nitrogens is 1. The van der Waals surface area contributed by atoms with E-state index in [0.717, 1.165) is 42.5 Å². The van der Waals surface area contributed by atoms with Crippen molar-refractivity contribution in [2.24, 2.45) is 0 Å². The summed E-state index contributed by atoms with van der Waals surface area (Å²) in [7, 11) is 0. The summed E-state index contributed by atoms with van der Waals surface area (Å²) < 4.78 is 0. The number of aryl methyl sites for hydroxylation is 3. The van der Waals surface area contributed by atoms with Crippen LogP contribution in [0.3, 0.4) is 0 Å². The summed E-state index contributed by atoms with van der Waals surface area (Å²) in [6.07, 6.45) is 2.07. The fourth-order valence-electron chi connectivity index (χ4n) is 1.96. The molecule has 0 atom stereocenters. The Morgan fingerprint density at radius 2 is 1.95 bits per heavy atom. The summed E-state index contributed by atoms with van der Waals surface area (Å²) in [4.78, 5) is 7.78. The number of hydrogen-bond donors (Lipinski definition) is 2. The lowest BCUT2D eigenvalue weighted by atomic mass is 10.2. The molecule has 0 saturated carbocycles. The van der Waals surface area contributed by atoms with Crippen molar-refractivity contribution < 1.29 is 0 Å². The zero-order valence-electron chi connectivity index (χ0n) is 11.5. The first-order valence-electron chi connectivity index (χ1n) is 6.62. The standard InChI is InChI=1S/C15H20ClN3/c1-11-12(2)19-15(18-11)4-3-9-17-10-13-5-7-14(16)8-6-13/h5-8,17H,3-4,9-10H2,1-2H3,(H,18,19). The van der Waals surface area contributed by atoms with Crippen molar-refractivity contribution in [1.82, 2.24) is 15.3 Å². The third-order valence-corrected chi connectivity index (χ3v) is 3.44. The Morgan fingerprint density at radius 1 is 1.21 bits per heavy atom. The van der Waals surface area contributed by atoms with E-state index in [1.54, 1.807) is 0 Å². The Balaban J connectivity index is 1.66. The number of benzene rings is 1. The number of nitrogens with zero attached hydrogens (tertiary/aromatic N) is 1. The van der Waals surface area contributed by atoms with Gasteiger partial charge in [-0.25, -0.2) is 4.98 Å². The van der Waals surface area contributed by atoms with Crippen LogP contribution < -0.4 is 5.32 Å². The zero-order valence-corrected chi connectivity index (χ0v) is 12.2. The van der Waals surface area contributed by atoms with E-state index in [9.17, 15) is 0 Å². The van der Waals surface area contributed by atoms with Crippen molar-refractivity contribution in [2.75, 3.05) is 6.54 Å². The van der Waals surface area contributed by atoms with Crippen LogP contribution in [0.1, 0.15) is 29.2 Å². The van der Waals surface area contributed by atoms with Gasteiger partial charge >= 0.3 is 0 Å². The summed E-state index contributed by atoms with van der Waals surface area (Å²) in [5, 5.41) is 4.21. The molecule has 0 bridgehead atoms. The van der Waals surface area contributed by atoms with Crippen LogP contribution >= 0.6 is 11.6 Å². The van der Waals surface area contributed by atoms with Crippen LogP contribution in [0.4, 0.5) is 0 Å². The van der Waals surface area contributed by atoms with Crippen molar-refractivity contribution in [3.63, 3.8) is 0 Å². The SMILES string of the molecule is Cc1nc(CCCNCc2ccc(Cl)cc2)[nH]c1C. The number of nitrogens with one attached hydrogen (secondary N) is 2. The quantitative estimate of drug-likeness (QED) is 0.795. The third kappa shape index (κ3) is 4.37. The van der Waals surface area contributed by atoms with Crippen LogP contribution in [0.15, 0.2) is 24.3 Å². The van der Waals surface area contributed by atoms with Crippen molar-refractivity contribution in [3.05, 3.63) is 52.1 Å². The molecule has 102 valence electrons. The predicted octanol–water partition coefficient (Wildman–Crippen LogP) is 3.40. The maximum absolute atomic E-state index is 5.85. The number of halogens is 1. The van der Waals surface area contributed by atoms with Crippen LogP contribution in [0.5, 0.6) is 0 Å². The van der Waals surface area contributed by atoms with Crippen LogP contribution in [-0.4, -0.2) is 16.5 Å². The Bertz CT molecular complexity index is 497. The van der Waals surface area contributed by atoms with Gasteiger partial charge in [-0.2, -0.15) is 0 Å². The molecule has 4 heteroatoms. The van der Waals surface area contributed by atoms with Crippen molar-refractivity contribution >= 4 is 11.6 Å². The molecule has 19 heavy (non-hydrogen) atoms. The van der Waals surface area contributed by atoms with E-state index in [1.165, 1.54) is 11.3 Å². The van der Waals surface area contributed by atoms with Gasteiger partial charge in [0.05, 0.1) is 5.69 Å². The Morgan fingerprint density at radius 3 is 2.58 bits per heavy atom. The molecule has 0 aliphatic rings. The van der Waals surface area contributed by atoms with E-state index >= 15 is 0 Å². The lowest BCUT2D eigenvalue weighted by Crippen LogP contribution is -2.15. The number of rotatable bonds is 6. The molecule has 0 aliphatic carbocycles. The second kappa shape index (κ2) is 6.73. The molecule has 2 aromatic rings. The average Bonchev–Trinajstić information content (AvgIpc) is 2.71. The Hall–Kier alpha value is -1.32. The Kier molecular flexibility index (Phi) is 5.00. The predicted molar refractivity (Wildman–Crippen MR) is 79.5 cm³/mol. The molecule has 2 rings (SSSR count). The molecule has 3 nitrogen and oxygen atoms in total. The van der Waals surface area contributed by atoms with Gasteiger partial charge in [-0.15, -0.1) is 0 Å². The van der Waals surface area contributed by atoms with Gasteiger partial charge in [0, 0.05) is 23.7 Å². The monoisotopic (exact) mass is 277 g/mol. The minimum absolute atomic E-state index is 0.785. The molecule has 0 amide bonds. The van der Waals surface area contributed by atoms with Gasteiger partial charge in [-0.3, -0.25) is 0 Å². The van der Waals surface area contributed by atoms with Crippen LogP contribution in [0.25, 0.3) is 0 Å². The van der Waals surface area contributed by atoms with E-state index in [-0.39, 0.29) is 0 Å². The third-order valence-electron chi connectivity index (χ3n) is 3.19. The summed E-state index contributed by atoms with van der Waals surface area (Å²) in [6, 6.07) is 7.95. The van der Waals surface area contributed by atoms with E-state index in [4.69, 9.17) is 11.6 Å².